The van der Waals surface area contributed by atoms with Crippen molar-refractivity contribution in [1.29, 1.82) is 0 Å². The zero-order valence-electron chi connectivity index (χ0n) is 24.1. The molecule has 0 saturated heterocycles. The molecule has 1 atom stereocenters. The van der Waals surface area contributed by atoms with Crippen LogP contribution in [0.15, 0.2) is 158 Å². The first-order valence-electron chi connectivity index (χ1n) is 15.0. The van der Waals surface area contributed by atoms with E-state index in [0.29, 0.717) is 0 Å². The summed E-state index contributed by atoms with van der Waals surface area (Å²) >= 11 is 0. The number of benzene rings is 5. The van der Waals surface area contributed by atoms with Gasteiger partial charge < -0.3 is 0 Å². The monoisotopic (exact) mass is 563 g/mol. The number of nitrogens with zero attached hydrogens (tertiary/aromatic N) is 3. The minimum Gasteiger partial charge on any atom is -0.264 e. The molecule has 7 aromatic rings. The Morgan fingerprint density at radius 1 is 0.568 bits per heavy atom. The highest BCUT2D eigenvalue weighted by Gasteiger charge is 2.18. The van der Waals surface area contributed by atoms with E-state index in [2.05, 4.69) is 126 Å². The Morgan fingerprint density at radius 2 is 1.32 bits per heavy atom. The number of hydrogen-bond acceptors (Lipinski definition) is 3. The third-order valence-electron chi connectivity index (χ3n) is 8.46. The zero-order chi connectivity index (χ0) is 29.3. The van der Waals surface area contributed by atoms with Gasteiger partial charge in [0, 0.05) is 29.4 Å². The number of pyridine rings is 1. The third kappa shape index (κ3) is 4.89. The number of rotatable bonds is 5. The molecule has 8 rings (SSSR count). The summed E-state index contributed by atoms with van der Waals surface area (Å²) in [6.07, 6.45) is 11.4. The summed E-state index contributed by atoms with van der Waals surface area (Å²) in [4.78, 5) is 14.6. The molecule has 0 bridgehead atoms. The Labute approximate surface area is 256 Å². The van der Waals surface area contributed by atoms with Gasteiger partial charge in [0.2, 0.25) is 0 Å². The molecule has 0 saturated carbocycles. The van der Waals surface area contributed by atoms with Crippen molar-refractivity contribution in [2.24, 2.45) is 0 Å². The third-order valence-corrected chi connectivity index (χ3v) is 8.46. The van der Waals surface area contributed by atoms with Crippen LogP contribution in [-0.2, 0) is 0 Å². The average Bonchev–Trinajstić information content (AvgIpc) is 3.12. The van der Waals surface area contributed by atoms with Gasteiger partial charge in [-0.15, -0.1) is 0 Å². The van der Waals surface area contributed by atoms with E-state index in [1.165, 1.54) is 38.2 Å². The van der Waals surface area contributed by atoms with Crippen LogP contribution in [0.1, 0.15) is 23.6 Å². The van der Waals surface area contributed by atoms with Crippen molar-refractivity contribution in [1.82, 2.24) is 15.0 Å². The highest BCUT2D eigenvalue weighted by Crippen LogP contribution is 2.37. The van der Waals surface area contributed by atoms with Gasteiger partial charge in [0.25, 0.3) is 0 Å². The maximum atomic E-state index is 5.13. The van der Waals surface area contributed by atoms with E-state index < -0.39 is 0 Å². The first kappa shape index (κ1) is 26.0. The van der Waals surface area contributed by atoms with Crippen LogP contribution >= 0.6 is 0 Å². The largest absolute Gasteiger partial charge is 0.264 e. The Balaban J connectivity index is 1.27. The van der Waals surface area contributed by atoms with Gasteiger partial charge in [-0.25, -0.2) is 9.97 Å². The quantitative estimate of drug-likeness (QED) is 0.196. The SMILES string of the molecule is C1=CC(c2cccnc2)=CC(c2cc(-c3cccc(-c4cc5ccccc5c5ccccc45)c3)nc(-c3ccccc3)n2)C1. The minimum absolute atomic E-state index is 0.132. The summed E-state index contributed by atoms with van der Waals surface area (Å²) in [5.74, 6) is 0.873. The molecule has 0 aliphatic heterocycles. The maximum absolute atomic E-state index is 5.13. The molecule has 0 N–H and O–H groups in total. The van der Waals surface area contributed by atoms with Crippen LogP contribution < -0.4 is 0 Å². The topological polar surface area (TPSA) is 38.7 Å². The van der Waals surface area contributed by atoms with E-state index >= 15 is 0 Å². The second-order valence-electron chi connectivity index (χ2n) is 11.2. The van der Waals surface area contributed by atoms with Crippen molar-refractivity contribution in [2.45, 2.75) is 12.3 Å². The van der Waals surface area contributed by atoms with Crippen molar-refractivity contribution in [3.8, 4) is 33.8 Å². The van der Waals surface area contributed by atoms with Gasteiger partial charge in [-0.05, 0) is 74.5 Å². The van der Waals surface area contributed by atoms with Crippen molar-refractivity contribution < 1.29 is 0 Å². The van der Waals surface area contributed by atoms with Gasteiger partial charge in [-0.2, -0.15) is 0 Å². The van der Waals surface area contributed by atoms with E-state index in [-0.39, 0.29) is 5.92 Å². The fourth-order valence-corrected chi connectivity index (χ4v) is 6.27. The molecular formula is C41H29N3. The maximum Gasteiger partial charge on any atom is 0.160 e. The molecule has 1 aliphatic rings. The number of fused-ring (bicyclic) bond motifs is 3. The molecule has 0 radical (unpaired) electrons. The highest BCUT2D eigenvalue weighted by atomic mass is 14.9. The summed E-state index contributed by atoms with van der Waals surface area (Å²) < 4.78 is 0. The molecule has 0 spiro atoms. The van der Waals surface area contributed by atoms with Gasteiger partial charge in [0.1, 0.15) is 0 Å². The minimum atomic E-state index is 0.132. The lowest BCUT2D eigenvalue weighted by Gasteiger charge is -2.18. The number of allylic oxidation sites excluding steroid dienone is 4. The van der Waals surface area contributed by atoms with Gasteiger partial charge >= 0.3 is 0 Å². The lowest BCUT2D eigenvalue weighted by molar-refractivity contribution is 0.814. The van der Waals surface area contributed by atoms with Crippen LogP contribution in [0.2, 0.25) is 0 Å². The Bertz CT molecular complexity index is 2200. The molecule has 44 heavy (non-hydrogen) atoms. The van der Waals surface area contributed by atoms with Crippen molar-refractivity contribution in [3.63, 3.8) is 0 Å². The van der Waals surface area contributed by atoms with Crippen LogP contribution in [0.4, 0.5) is 0 Å². The van der Waals surface area contributed by atoms with Crippen LogP contribution in [0, 0.1) is 0 Å². The van der Waals surface area contributed by atoms with E-state index in [0.717, 1.165) is 40.3 Å². The summed E-state index contributed by atoms with van der Waals surface area (Å²) in [6, 6.07) is 45.0. The number of aromatic nitrogens is 3. The molecule has 2 heterocycles. The Hall–Kier alpha value is -5.67. The van der Waals surface area contributed by atoms with Gasteiger partial charge in [-0.3, -0.25) is 4.98 Å². The molecule has 3 heteroatoms. The van der Waals surface area contributed by atoms with Crippen molar-refractivity contribution in [2.75, 3.05) is 0 Å². The van der Waals surface area contributed by atoms with E-state index in [9.17, 15) is 0 Å². The zero-order valence-corrected chi connectivity index (χ0v) is 24.1. The molecule has 1 unspecified atom stereocenters. The molecular weight excluding hydrogens is 534 g/mol. The molecule has 5 aromatic carbocycles. The van der Waals surface area contributed by atoms with Crippen LogP contribution in [0.3, 0.4) is 0 Å². The van der Waals surface area contributed by atoms with Gasteiger partial charge in [-0.1, -0.05) is 121 Å². The standard InChI is InChI=1S/C41H29N3/c1-2-11-28(12-3-1)41-43-39(32-16-8-14-29(23-32)34-18-10-22-42-27-34)26-40(44-41)33-17-9-15-30(24-33)38-25-31-13-4-5-19-35(31)36-20-6-7-21-37(36)38/h1-15,17-27,32H,16H2. The molecule has 0 amide bonds. The predicted octanol–water partition coefficient (Wildman–Crippen LogP) is 10.3. The summed E-state index contributed by atoms with van der Waals surface area (Å²) in [5.41, 5.74) is 8.69. The number of hydrogen-bond donors (Lipinski definition) is 0. The first-order valence-corrected chi connectivity index (χ1v) is 15.0. The Kier molecular flexibility index (Phi) is 6.62. The smallest absolute Gasteiger partial charge is 0.160 e. The average molecular weight is 564 g/mol. The lowest BCUT2D eigenvalue weighted by Crippen LogP contribution is -2.05. The molecule has 1 aliphatic carbocycles. The van der Waals surface area contributed by atoms with Crippen molar-refractivity contribution in [3.05, 3.63) is 169 Å². The molecule has 2 aromatic heterocycles. The summed E-state index contributed by atoms with van der Waals surface area (Å²) in [7, 11) is 0. The van der Waals surface area contributed by atoms with Gasteiger partial charge in [0.05, 0.1) is 11.4 Å². The molecule has 0 fully saturated rings. The predicted molar refractivity (Wildman–Crippen MR) is 182 cm³/mol. The van der Waals surface area contributed by atoms with E-state index in [4.69, 9.17) is 9.97 Å². The van der Waals surface area contributed by atoms with Crippen LogP contribution in [-0.4, -0.2) is 15.0 Å². The van der Waals surface area contributed by atoms with E-state index in [1.807, 2.05) is 36.7 Å². The fraction of sp³-hybridized carbons (Fsp3) is 0.0488. The van der Waals surface area contributed by atoms with Crippen molar-refractivity contribution >= 4 is 27.1 Å². The summed E-state index contributed by atoms with van der Waals surface area (Å²) in [6.45, 7) is 0. The van der Waals surface area contributed by atoms with E-state index in [1.54, 1.807) is 0 Å². The second kappa shape index (κ2) is 11.2. The fourth-order valence-electron chi connectivity index (χ4n) is 6.27. The highest BCUT2D eigenvalue weighted by molar-refractivity contribution is 6.13. The molecule has 208 valence electrons. The lowest BCUT2D eigenvalue weighted by atomic mass is 9.89. The normalized spacial score (nSPS) is 14.5. The van der Waals surface area contributed by atoms with Crippen LogP contribution in [0.5, 0.6) is 0 Å². The molecule has 3 nitrogen and oxygen atoms in total. The summed E-state index contributed by atoms with van der Waals surface area (Å²) in [5, 5.41) is 5.03. The Morgan fingerprint density at radius 3 is 2.18 bits per heavy atom. The van der Waals surface area contributed by atoms with Crippen LogP contribution in [0.25, 0.3) is 60.9 Å². The van der Waals surface area contributed by atoms with Gasteiger partial charge in [0.15, 0.2) is 5.82 Å². The second-order valence-corrected chi connectivity index (χ2v) is 11.2. The first-order chi connectivity index (χ1) is 21.8.